The molecule has 0 aliphatic rings. The summed E-state index contributed by atoms with van der Waals surface area (Å²) in [6.07, 6.45) is 0.943. The maximum absolute atomic E-state index is 4.42. The second-order valence-electron chi connectivity index (χ2n) is 4.48. The molecule has 0 radical (unpaired) electrons. The number of hydrogen-bond donors (Lipinski definition) is 1. The molecule has 4 heteroatoms. The van der Waals surface area contributed by atoms with Crippen molar-refractivity contribution in [2.75, 3.05) is 11.9 Å². The molecule has 0 saturated carbocycles. The minimum absolute atomic E-state index is 0.497. The summed E-state index contributed by atoms with van der Waals surface area (Å²) in [5.41, 5.74) is 2.47. The Balaban J connectivity index is 1.99. The summed E-state index contributed by atoms with van der Waals surface area (Å²) in [6.45, 7) is 7.17. The van der Waals surface area contributed by atoms with E-state index >= 15 is 0 Å². The molecule has 2 aromatic rings. The fraction of sp³-hybridized carbons (Fsp3) is 0.429. The zero-order valence-electron chi connectivity index (χ0n) is 11.1. The van der Waals surface area contributed by atoms with E-state index in [1.54, 1.807) is 11.3 Å². The molecule has 0 bridgehead atoms. The largest absolute Gasteiger partial charge is 0.369 e. The average Bonchev–Trinajstić information content (AvgIpc) is 2.89. The molecule has 0 aromatic carbocycles. The lowest BCUT2D eigenvalue weighted by atomic mass is 10.1. The molecule has 2 aromatic heterocycles. The molecule has 2 rings (SSSR count). The van der Waals surface area contributed by atoms with Crippen LogP contribution in [0.3, 0.4) is 0 Å². The molecule has 0 aliphatic heterocycles. The second-order valence-corrected chi connectivity index (χ2v) is 5.26. The van der Waals surface area contributed by atoms with Gasteiger partial charge in [0.1, 0.15) is 11.6 Å². The maximum Gasteiger partial charge on any atom is 0.129 e. The summed E-state index contributed by atoms with van der Waals surface area (Å²) >= 11 is 1.74. The normalized spacial score (nSPS) is 12.4. The van der Waals surface area contributed by atoms with Gasteiger partial charge in [-0.05, 0) is 41.7 Å². The van der Waals surface area contributed by atoms with Crippen molar-refractivity contribution in [2.24, 2.45) is 0 Å². The van der Waals surface area contributed by atoms with Crippen molar-refractivity contribution in [2.45, 2.75) is 33.1 Å². The highest BCUT2D eigenvalue weighted by Gasteiger charge is 2.06. The molecule has 1 N–H and O–H groups in total. The third-order valence-corrected chi connectivity index (χ3v) is 3.66. The smallest absolute Gasteiger partial charge is 0.129 e. The van der Waals surface area contributed by atoms with Crippen LogP contribution in [-0.4, -0.2) is 16.5 Å². The van der Waals surface area contributed by atoms with Crippen LogP contribution in [0.4, 0.5) is 5.82 Å². The van der Waals surface area contributed by atoms with Crippen LogP contribution in [0.25, 0.3) is 0 Å². The van der Waals surface area contributed by atoms with E-state index in [0.29, 0.717) is 5.92 Å². The van der Waals surface area contributed by atoms with Crippen LogP contribution < -0.4 is 5.32 Å². The first-order valence-corrected chi connectivity index (χ1v) is 7.24. The van der Waals surface area contributed by atoms with Crippen LogP contribution in [0.2, 0.25) is 0 Å². The van der Waals surface area contributed by atoms with Gasteiger partial charge in [0.25, 0.3) is 0 Å². The first kappa shape index (κ1) is 13.0. The molecule has 1 atom stereocenters. The summed E-state index contributed by atoms with van der Waals surface area (Å²) in [5, 5.41) is 7.73. The number of aryl methyl sites for hydroxylation is 2. The predicted molar refractivity (Wildman–Crippen MR) is 77.4 cm³/mol. The molecule has 0 spiro atoms. The van der Waals surface area contributed by atoms with Crippen molar-refractivity contribution in [3.8, 4) is 0 Å². The summed E-state index contributed by atoms with van der Waals surface area (Å²) in [4.78, 5) is 8.80. The van der Waals surface area contributed by atoms with Gasteiger partial charge in [0.15, 0.2) is 0 Å². The first-order chi connectivity index (χ1) is 8.69. The molecule has 0 fully saturated rings. The molecular weight excluding hydrogens is 242 g/mol. The van der Waals surface area contributed by atoms with Gasteiger partial charge in [-0.2, -0.15) is 11.3 Å². The fourth-order valence-corrected chi connectivity index (χ4v) is 2.61. The van der Waals surface area contributed by atoms with Gasteiger partial charge >= 0.3 is 0 Å². The van der Waals surface area contributed by atoms with Crippen LogP contribution in [0.15, 0.2) is 22.9 Å². The highest BCUT2D eigenvalue weighted by Crippen LogP contribution is 2.18. The number of aromatic nitrogens is 2. The fourth-order valence-electron chi connectivity index (χ4n) is 1.83. The minimum atomic E-state index is 0.497. The van der Waals surface area contributed by atoms with Gasteiger partial charge < -0.3 is 5.32 Å². The van der Waals surface area contributed by atoms with Crippen LogP contribution in [0.5, 0.6) is 0 Å². The van der Waals surface area contributed by atoms with Gasteiger partial charge in [0, 0.05) is 18.3 Å². The Morgan fingerprint density at radius 1 is 1.39 bits per heavy atom. The zero-order chi connectivity index (χ0) is 13.0. The number of nitrogens with one attached hydrogen (secondary N) is 1. The third-order valence-electron chi connectivity index (χ3n) is 2.95. The Bertz CT molecular complexity index is 494. The van der Waals surface area contributed by atoms with Gasteiger partial charge in [-0.25, -0.2) is 9.97 Å². The van der Waals surface area contributed by atoms with Crippen LogP contribution in [0, 0.1) is 6.92 Å². The Morgan fingerprint density at radius 3 is 2.89 bits per heavy atom. The maximum atomic E-state index is 4.42. The third kappa shape index (κ3) is 3.29. The summed E-state index contributed by atoms with van der Waals surface area (Å²) < 4.78 is 0. The van der Waals surface area contributed by atoms with E-state index in [1.165, 1.54) is 5.56 Å². The molecule has 96 valence electrons. The average molecular weight is 261 g/mol. The Morgan fingerprint density at radius 2 is 2.22 bits per heavy atom. The summed E-state index contributed by atoms with van der Waals surface area (Å²) in [6, 6.07) is 4.22. The van der Waals surface area contributed by atoms with Crippen molar-refractivity contribution in [3.05, 3.63) is 40.0 Å². The summed E-state index contributed by atoms with van der Waals surface area (Å²) in [7, 11) is 0. The molecule has 1 unspecified atom stereocenters. The zero-order valence-corrected chi connectivity index (χ0v) is 11.9. The van der Waals surface area contributed by atoms with E-state index in [2.05, 4.69) is 46.0 Å². The molecule has 0 saturated heterocycles. The lowest BCUT2D eigenvalue weighted by Crippen LogP contribution is -2.11. The summed E-state index contributed by atoms with van der Waals surface area (Å²) in [5.74, 6) is 2.26. The van der Waals surface area contributed by atoms with Crippen molar-refractivity contribution in [1.29, 1.82) is 0 Å². The van der Waals surface area contributed by atoms with Crippen molar-refractivity contribution in [1.82, 2.24) is 9.97 Å². The Hall–Kier alpha value is -1.42. The predicted octanol–water partition coefficient (Wildman–Crippen LogP) is 3.62. The van der Waals surface area contributed by atoms with E-state index in [0.717, 1.165) is 30.3 Å². The number of hydrogen-bond acceptors (Lipinski definition) is 4. The number of rotatable bonds is 5. The number of anilines is 1. The van der Waals surface area contributed by atoms with Crippen molar-refractivity contribution >= 4 is 17.2 Å². The molecule has 0 amide bonds. The molecule has 0 aliphatic carbocycles. The van der Waals surface area contributed by atoms with Gasteiger partial charge in [-0.3, -0.25) is 0 Å². The van der Waals surface area contributed by atoms with Crippen molar-refractivity contribution in [3.63, 3.8) is 0 Å². The molecule has 18 heavy (non-hydrogen) atoms. The number of thiophene rings is 1. The van der Waals surface area contributed by atoms with Crippen LogP contribution >= 0.6 is 11.3 Å². The topological polar surface area (TPSA) is 37.8 Å². The van der Waals surface area contributed by atoms with Gasteiger partial charge in [0.05, 0.1) is 0 Å². The molecule has 2 heterocycles. The van der Waals surface area contributed by atoms with Crippen molar-refractivity contribution < 1.29 is 0 Å². The van der Waals surface area contributed by atoms with E-state index in [-0.39, 0.29) is 0 Å². The molecule has 3 nitrogen and oxygen atoms in total. The van der Waals surface area contributed by atoms with E-state index in [9.17, 15) is 0 Å². The Labute approximate surface area is 112 Å². The Kier molecular flexibility index (Phi) is 4.31. The van der Waals surface area contributed by atoms with E-state index < -0.39 is 0 Å². The van der Waals surface area contributed by atoms with E-state index in [4.69, 9.17) is 0 Å². The standard InChI is InChI=1S/C14H19N3S/c1-4-13-7-14(17-11(3)16-13)15-8-10(2)12-5-6-18-9-12/h5-7,9-10H,4,8H2,1-3H3,(H,15,16,17). The lowest BCUT2D eigenvalue weighted by Gasteiger charge is -2.12. The monoisotopic (exact) mass is 261 g/mol. The van der Waals surface area contributed by atoms with Crippen LogP contribution in [0.1, 0.15) is 36.8 Å². The highest BCUT2D eigenvalue weighted by molar-refractivity contribution is 7.07. The molecular formula is C14H19N3S. The minimum Gasteiger partial charge on any atom is -0.369 e. The number of nitrogens with zero attached hydrogens (tertiary/aromatic N) is 2. The van der Waals surface area contributed by atoms with Gasteiger partial charge in [0.2, 0.25) is 0 Å². The lowest BCUT2D eigenvalue weighted by molar-refractivity contribution is 0.802. The SMILES string of the molecule is CCc1cc(NCC(C)c2ccsc2)nc(C)n1. The quantitative estimate of drug-likeness (QED) is 0.893. The van der Waals surface area contributed by atoms with E-state index in [1.807, 2.05) is 13.0 Å². The second kappa shape index (κ2) is 5.96. The first-order valence-electron chi connectivity index (χ1n) is 6.29. The van der Waals surface area contributed by atoms with Gasteiger partial charge in [-0.1, -0.05) is 13.8 Å². The highest BCUT2D eigenvalue weighted by atomic mass is 32.1. The van der Waals surface area contributed by atoms with Crippen LogP contribution in [-0.2, 0) is 6.42 Å². The van der Waals surface area contributed by atoms with Gasteiger partial charge in [-0.15, -0.1) is 0 Å².